The number of nitrogens with zero attached hydrogens (tertiary/aromatic N) is 1. The maximum Gasteiger partial charge on any atom is 0.120 e. The SMILES string of the molecule is CNC(C)(C)c1cn(C)c2cc(OC)ccc12. The highest BCUT2D eigenvalue weighted by Gasteiger charge is 2.22. The molecule has 92 valence electrons. The van der Waals surface area contributed by atoms with E-state index in [-0.39, 0.29) is 5.54 Å². The van der Waals surface area contributed by atoms with E-state index in [4.69, 9.17) is 4.74 Å². The number of hydrogen-bond donors (Lipinski definition) is 1. The minimum Gasteiger partial charge on any atom is -0.497 e. The molecule has 0 bridgehead atoms. The lowest BCUT2D eigenvalue weighted by atomic mass is 9.94. The number of nitrogens with one attached hydrogen (secondary N) is 1. The molecule has 1 heterocycles. The van der Waals surface area contributed by atoms with Gasteiger partial charge in [0.15, 0.2) is 0 Å². The van der Waals surface area contributed by atoms with E-state index in [0.717, 1.165) is 5.75 Å². The second-order valence-electron chi connectivity index (χ2n) is 4.91. The number of ether oxygens (including phenoxy) is 1. The van der Waals surface area contributed by atoms with Crippen LogP contribution in [0.4, 0.5) is 0 Å². The van der Waals surface area contributed by atoms with Gasteiger partial charge in [0.1, 0.15) is 5.75 Å². The summed E-state index contributed by atoms with van der Waals surface area (Å²) >= 11 is 0. The van der Waals surface area contributed by atoms with E-state index >= 15 is 0 Å². The van der Waals surface area contributed by atoms with Crippen LogP contribution >= 0.6 is 0 Å². The molecule has 2 aromatic rings. The molecule has 3 nitrogen and oxygen atoms in total. The van der Waals surface area contributed by atoms with Crippen molar-refractivity contribution in [3.63, 3.8) is 0 Å². The van der Waals surface area contributed by atoms with E-state index in [1.807, 2.05) is 13.1 Å². The number of aryl methyl sites for hydroxylation is 1. The Morgan fingerprint density at radius 3 is 2.59 bits per heavy atom. The van der Waals surface area contributed by atoms with Gasteiger partial charge in [-0.2, -0.15) is 0 Å². The number of aromatic nitrogens is 1. The predicted molar refractivity (Wildman–Crippen MR) is 71.6 cm³/mol. The monoisotopic (exact) mass is 232 g/mol. The Morgan fingerprint density at radius 1 is 1.29 bits per heavy atom. The first-order valence-corrected chi connectivity index (χ1v) is 5.82. The van der Waals surface area contributed by atoms with E-state index in [2.05, 4.69) is 49.1 Å². The van der Waals surface area contributed by atoms with Crippen molar-refractivity contribution in [1.82, 2.24) is 9.88 Å². The first-order chi connectivity index (χ1) is 7.99. The average molecular weight is 232 g/mol. The molecule has 0 unspecified atom stereocenters. The van der Waals surface area contributed by atoms with Gasteiger partial charge in [-0.1, -0.05) is 0 Å². The number of benzene rings is 1. The van der Waals surface area contributed by atoms with Crippen molar-refractivity contribution in [3.05, 3.63) is 30.0 Å². The Balaban J connectivity index is 2.68. The second kappa shape index (κ2) is 4.08. The van der Waals surface area contributed by atoms with Crippen LogP contribution in [0, 0.1) is 0 Å². The van der Waals surface area contributed by atoms with Crippen molar-refractivity contribution in [2.45, 2.75) is 19.4 Å². The zero-order valence-corrected chi connectivity index (χ0v) is 11.2. The van der Waals surface area contributed by atoms with Gasteiger partial charge < -0.3 is 14.6 Å². The summed E-state index contributed by atoms with van der Waals surface area (Å²) in [6.07, 6.45) is 2.18. The second-order valence-corrected chi connectivity index (χ2v) is 4.91. The summed E-state index contributed by atoms with van der Waals surface area (Å²) in [5.74, 6) is 0.896. The quantitative estimate of drug-likeness (QED) is 0.880. The molecule has 0 saturated heterocycles. The Bertz CT molecular complexity index is 540. The fourth-order valence-electron chi connectivity index (χ4n) is 2.12. The van der Waals surface area contributed by atoms with Crippen molar-refractivity contribution >= 4 is 10.9 Å². The number of fused-ring (bicyclic) bond motifs is 1. The van der Waals surface area contributed by atoms with Gasteiger partial charge in [-0.05, 0) is 38.6 Å². The molecule has 0 spiro atoms. The molecule has 0 radical (unpaired) electrons. The van der Waals surface area contributed by atoms with Gasteiger partial charge in [-0.15, -0.1) is 0 Å². The molecular weight excluding hydrogens is 212 g/mol. The van der Waals surface area contributed by atoms with Crippen LogP contribution in [-0.4, -0.2) is 18.7 Å². The van der Waals surface area contributed by atoms with Gasteiger partial charge in [0.05, 0.1) is 12.6 Å². The molecule has 3 heteroatoms. The van der Waals surface area contributed by atoms with E-state index < -0.39 is 0 Å². The van der Waals surface area contributed by atoms with Crippen LogP contribution in [-0.2, 0) is 12.6 Å². The van der Waals surface area contributed by atoms with E-state index in [1.165, 1.54) is 16.5 Å². The Morgan fingerprint density at radius 2 is 2.00 bits per heavy atom. The van der Waals surface area contributed by atoms with Crippen LogP contribution in [0.5, 0.6) is 5.75 Å². The number of rotatable bonds is 3. The van der Waals surface area contributed by atoms with Gasteiger partial charge >= 0.3 is 0 Å². The van der Waals surface area contributed by atoms with Crippen molar-refractivity contribution < 1.29 is 4.74 Å². The smallest absolute Gasteiger partial charge is 0.120 e. The molecule has 0 aliphatic carbocycles. The molecule has 2 rings (SSSR count). The third-order valence-corrected chi connectivity index (χ3v) is 3.50. The minimum absolute atomic E-state index is 0.0336. The summed E-state index contributed by atoms with van der Waals surface area (Å²) in [6, 6.07) is 6.21. The van der Waals surface area contributed by atoms with Crippen molar-refractivity contribution in [1.29, 1.82) is 0 Å². The Hall–Kier alpha value is -1.48. The number of hydrogen-bond acceptors (Lipinski definition) is 2. The molecule has 1 N–H and O–H groups in total. The number of methoxy groups -OCH3 is 1. The molecule has 0 atom stereocenters. The zero-order valence-electron chi connectivity index (χ0n) is 11.2. The van der Waals surface area contributed by atoms with E-state index in [1.54, 1.807) is 7.11 Å². The highest BCUT2D eigenvalue weighted by molar-refractivity contribution is 5.86. The normalized spacial score (nSPS) is 12.1. The Labute approximate surface area is 102 Å². The lowest BCUT2D eigenvalue weighted by molar-refractivity contribution is 0.415. The topological polar surface area (TPSA) is 26.2 Å². The Kier molecular flexibility index (Phi) is 2.87. The molecule has 0 aliphatic heterocycles. The molecule has 1 aromatic carbocycles. The fraction of sp³-hybridized carbons (Fsp3) is 0.429. The molecule has 1 aromatic heterocycles. The first-order valence-electron chi connectivity index (χ1n) is 5.82. The molecular formula is C14H20N2O. The van der Waals surface area contributed by atoms with Crippen LogP contribution in [0.2, 0.25) is 0 Å². The van der Waals surface area contributed by atoms with Crippen LogP contribution in [0.3, 0.4) is 0 Å². The summed E-state index contributed by atoms with van der Waals surface area (Å²) in [5, 5.41) is 4.62. The van der Waals surface area contributed by atoms with Crippen LogP contribution in [0.15, 0.2) is 24.4 Å². The molecule has 0 aliphatic rings. The lowest BCUT2D eigenvalue weighted by Gasteiger charge is -2.23. The summed E-state index contributed by atoms with van der Waals surface area (Å²) in [7, 11) is 5.75. The highest BCUT2D eigenvalue weighted by atomic mass is 16.5. The molecule has 0 fully saturated rings. The van der Waals surface area contributed by atoms with Gasteiger partial charge in [0.25, 0.3) is 0 Å². The van der Waals surface area contributed by atoms with Crippen LogP contribution in [0.1, 0.15) is 19.4 Å². The van der Waals surface area contributed by atoms with Crippen LogP contribution in [0.25, 0.3) is 10.9 Å². The standard InChI is InChI=1S/C14H20N2O/c1-14(2,15-3)12-9-16(4)13-8-10(17-5)6-7-11(12)13/h6-9,15H,1-5H3. The largest absolute Gasteiger partial charge is 0.497 e. The summed E-state index contributed by atoms with van der Waals surface area (Å²) < 4.78 is 7.41. The minimum atomic E-state index is -0.0336. The van der Waals surface area contributed by atoms with E-state index in [9.17, 15) is 0 Å². The fourth-order valence-corrected chi connectivity index (χ4v) is 2.12. The van der Waals surface area contributed by atoms with Crippen molar-refractivity contribution in [3.8, 4) is 5.75 Å². The lowest BCUT2D eigenvalue weighted by Crippen LogP contribution is -2.32. The van der Waals surface area contributed by atoms with Gasteiger partial charge in [-0.25, -0.2) is 0 Å². The molecule has 17 heavy (non-hydrogen) atoms. The third-order valence-electron chi connectivity index (χ3n) is 3.50. The summed E-state index contributed by atoms with van der Waals surface area (Å²) in [5.41, 5.74) is 2.47. The van der Waals surface area contributed by atoms with E-state index in [0.29, 0.717) is 0 Å². The predicted octanol–water partition coefficient (Wildman–Crippen LogP) is 2.64. The van der Waals surface area contributed by atoms with Crippen molar-refractivity contribution in [2.75, 3.05) is 14.2 Å². The maximum absolute atomic E-state index is 5.27. The van der Waals surface area contributed by atoms with Gasteiger partial charge in [0.2, 0.25) is 0 Å². The molecule has 0 saturated carbocycles. The maximum atomic E-state index is 5.27. The van der Waals surface area contributed by atoms with Gasteiger partial charge in [0, 0.05) is 30.2 Å². The summed E-state index contributed by atoms with van der Waals surface area (Å²) in [6.45, 7) is 4.37. The molecule has 0 amide bonds. The van der Waals surface area contributed by atoms with Gasteiger partial charge in [-0.3, -0.25) is 0 Å². The highest BCUT2D eigenvalue weighted by Crippen LogP contribution is 2.31. The van der Waals surface area contributed by atoms with Crippen molar-refractivity contribution in [2.24, 2.45) is 7.05 Å². The average Bonchev–Trinajstić information content (AvgIpc) is 2.67. The zero-order chi connectivity index (χ0) is 12.6. The summed E-state index contributed by atoms with van der Waals surface area (Å²) in [4.78, 5) is 0. The third kappa shape index (κ3) is 1.91. The first kappa shape index (κ1) is 12.0. The van der Waals surface area contributed by atoms with Crippen LogP contribution < -0.4 is 10.1 Å².